The largest absolute Gasteiger partial charge is 0.458 e. The zero-order valence-electron chi connectivity index (χ0n) is 24.8. The topological polar surface area (TPSA) is 69.4 Å². The molecule has 214 valence electrons. The molecule has 0 N–H and O–H groups in total. The third-order valence-electron chi connectivity index (χ3n) is 11.8. The summed E-state index contributed by atoms with van der Waals surface area (Å²) in [6.45, 7) is 12.4. The lowest BCUT2D eigenvalue weighted by Crippen LogP contribution is -2.51. The molecule has 1 aromatic carbocycles. The highest BCUT2D eigenvalue weighted by molar-refractivity contribution is 5.89. The summed E-state index contributed by atoms with van der Waals surface area (Å²) < 4.78 is 5.93. The highest BCUT2D eigenvalue weighted by Crippen LogP contribution is 2.67. The lowest BCUT2D eigenvalue weighted by molar-refractivity contribution is -0.384. The minimum Gasteiger partial charge on any atom is -0.458 e. The van der Waals surface area contributed by atoms with E-state index in [0.29, 0.717) is 11.0 Å². The van der Waals surface area contributed by atoms with Crippen molar-refractivity contribution in [1.82, 2.24) is 0 Å². The van der Waals surface area contributed by atoms with E-state index in [-0.39, 0.29) is 23.2 Å². The molecular weight excluding hydrogens is 486 g/mol. The molecular formula is C34H49NO4. The number of hydrogen-bond donors (Lipinski definition) is 0. The fraction of sp³-hybridized carbons (Fsp3) is 0.735. The normalized spacial score (nSPS) is 36.4. The molecule has 39 heavy (non-hydrogen) atoms. The van der Waals surface area contributed by atoms with Gasteiger partial charge in [-0.25, -0.2) is 4.79 Å². The first-order valence-electron chi connectivity index (χ1n) is 15.7. The Kier molecular flexibility index (Phi) is 8.01. The van der Waals surface area contributed by atoms with Crippen LogP contribution >= 0.6 is 0 Å². The molecule has 0 saturated heterocycles. The Labute approximate surface area is 235 Å². The van der Waals surface area contributed by atoms with E-state index in [9.17, 15) is 14.9 Å². The van der Waals surface area contributed by atoms with Crippen molar-refractivity contribution >= 4 is 11.7 Å². The van der Waals surface area contributed by atoms with Gasteiger partial charge >= 0.3 is 5.97 Å². The first kappa shape index (κ1) is 28.4. The minimum atomic E-state index is -0.450. The van der Waals surface area contributed by atoms with E-state index in [1.54, 1.807) is 0 Å². The summed E-state index contributed by atoms with van der Waals surface area (Å²) >= 11 is 0. The summed E-state index contributed by atoms with van der Waals surface area (Å²) in [7, 11) is 0. The molecule has 0 bridgehead atoms. The molecule has 5 nitrogen and oxygen atoms in total. The maximum atomic E-state index is 12.8. The number of fused-ring (bicyclic) bond motifs is 5. The second-order valence-electron chi connectivity index (χ2n) is 14.4. The van der Waals surface area contributed by atoms with Crippen molar-refractivity contribution in [2.24, 2.45) is 46.3 Å². The van der Waals surface area contributed by atoms with Gasteiger partial charge in [0.2, 0.25) is 0 Å². The standard InChI is InChI=1S/C34H49NO4/c1-22(2)7-6-8-23(3)29-15-16-30-28-14-11-25-21-27(17-19-33(25,4)31(28)18-20-34(29,30)5)39-32(36)24-9-12-26(13-10-24)35(37)38/h9-13,22-23,27-31H,6-8,14-21H2,1-5H3/t23-,27+,28-,29+,30-,31-,33-,34+/m0/s1. The molecule has 0 radical (unpaired) electrons. The fourth-order valence-corrected chi connectivity index (χ4v) is 9.69. The number of nitro groups is 1. The summed E-state index contributed by atoms with van der Waals surface area (Å²) in [5, 5.41) is 10.9. The number of benzene rings is 1. The van der Waals surface area contributed by atoms with E-state index >= 15 is 0 Å². The summed E-state index contributed by atoms with van der Waals surface area (Å²) in [6.07, 6.45) is 16.1. The minimum absolute atomic E-state index is 0.0142. The lowest BCUT2D eigenvalue weighted by Gasteiger charge is -2.58. The van der Waals surface area contributed by atoms with E-state index in [2.05, 4.69) is 40.7 Å². The van der Waals surface area contributed by atoms with E-state index in [4.69, 9.17) is 4.74 Å². The molecule has 5 rings (SSSR count). The van der Waals surface area contributed by atoms with Crippen LogP contribution in [0.25, 0.3) is 0 Å². The molecule has 1 aromatic rings. The fourth-order valence-electron chi connectivity index (χ4n) is 9.69. The van der Waals surface area contributed by atoms with E-state index in [1.165, 1.54) is 81.2 Å². The SMILES string of the molecule is CC(C)CCC[C@H](C)[C@H]1CC[C@H]2[C@@H]3CC=C4C[C@H](OC(=O)c5ccc([N+](=O)[O-])cc5)CC[C@]4(C)[C@H]3CC[C@]12C. The van der Waals surface area contributed by atoms with Crippen LogP contribution in [0.3, 0.4) is 0 Å². The van der Waals surface area contributed by atoms with E-state index in [0.717, 1.165) is 54.8 Å². The zero-order valence-corrected chi connectivity index (χ0v) is 24.8. The van der Waals surface area contributed by atoms with Crippen LogP contribution < -0.4 is 0 Å². The predicted molar refractivity (Wildman–Crippen MR) is 155 cm³/mol. The summed E-state index contributed by atoms with van der Waals surface area (Å²) in [6, 6.07) is 5.73. The van der Waals surface area contributed by atoms with Crippen LogP contribution in [-0.4, -0.2) is 17.0 Å². The van der Waals surface area contributed by atoms with E-state index < -0.39 is 4.92 Å². The van der Waals surface area contributed by atoms with Crippen molar-refractivity contribution in [2.75, 3.05) is 0 Å². The highest BCUT2D eigenvalue weighted by Gasteiger charge is 2.59. The monoisotopic (exact) mass is 535 g/mol. The zero-order chi connectivity index (χ0) is 27.9. The number of nitro benzene ring substituents is 1. The molecule has 0 amide bonds. The van der Waals surface area contributed by atoms with Crippen molar-refractivity contribution in [3.05, 3.63) is 51.6 Å². The van der Waals surface area contributed by atoms with Crippen LogP contribution in [0, 0.1) is 56.5 Å². The third-order valence-corrected chi connectivity index (χ3v) is 11.8. The molecule has 5 heteroatoms. The number of ether oxygens (including phenoxy) is 1. The molecule has 3 saturated carbocycles. The molecule has 8 atom stereocenters. The van der Waals surface area contributed by atoms with Gasteiger partial charge in [0.1, 0.15) is 6.10 Å². The number of allylic oxidation sites excluding steroid dienone is 1. The first-order chi connectivity index (χ1) is 18.5. The Bertz CT molecular complexity index is 1090. The second kappa shape index (κ2) is 11.0. The van der Waals surface area contributed by atoms with Gasteiger partial charge in [-0.15, -0.1) is 0 Å². The summed E-state index contributed by atoms with van der Waals surface area (Å²) in [5.41, 5.74) is 2.60. The van der Waals surface area contributed by atoms with Gasteiger partial charge in [-0.05, 0) is 103 Å². The smallest absolute Gasteiger partial charge is 0.338 e. The Morgan fingerprint density at radius 3 is 2.46 bits per heavy atom. The molecule has 4 aliphatic carbocycles. The Hall–Kier alpha value is -2.17. The predicted octanol–water partition coefficient (Wildman–Crippen LogP) is 9.16. The lowest BCUT2D eigenvalue weighted by atomic mass is 9.47. The van der Waals surface area contributed by atoms with Crippen LogP contribution in [0.15, 0.2) is 35.9 Å². The quantitative estimate of drug-likeness (QED) is 0.144. The average molecular weight is 536 g/mol. The summed E-state index contributed by atoms with van der Waals surface area (Å²) in [5.74, 6) is 4.54. The van der Waals surface area contributed by atoms with E-state index in [1.807, 2.05) is 0 Å². The van der Waals surface area contributed by atoms with Crippen molar-refractivity contribution in [1.29, 1.82) is 0 Å². The molecule has 3 fully saturated rings. The van der Waals surface area contributed by atoms with Crippen LogP contribution in [0.2, 0.25) is 0 Å². The van der Waals surface area contributed by atoms with Gasteiger partial charge in [0.15, 0.2) is 0 Å². The number of hydrogen-bond acceptors (Lipinski definition) is 4. The van der Waals surface area contributed by atoms with Crippen molar-refractivity contribution < 1.29 is 14.5 Å². The van der Waals surface area contributed by atoms with Crippen molar-refractivity contribution in [3.63, 3.8) is 0 Å². The van der Waals surface area contributed by atoms with Crippen LogP contribution in [-0.2, 0) is 4.74 Å². The number of carbonyl (C=O) groups excluding carboxylic acids is 1. The van der Waals surface area contributed by atoms with Crippen LogP contribution in [0.5, 0.6) is 0 Å². The summed E-state index contributed by atoms with van der Waals surface area (Å²) in [4.78, 5) is 23.3. The number of nitrogens with zero attached hydrogens (tertiary/aromatic N) is 1. The molecule has 0 aromatic heterocycles. The van der Waals surface area contributed by atoms with Crippen LogP contribution in [0.1, 0.15) is 116 Å². The second-order valence-corrected chi connectivity index (χ2v) is 14.4. The highest BCUT2D eigenvalue weighted by atomic mass is 16.6. The molecule has 0 heterocycles. The molecule has 0 aliphatic heterocycles. The van der Waals surface area contributed by atoms with Gasteiger partial charge in [0.05, 0.1) is 10.5 Å². The molecule has 4 aliphatic rings. The number of carbonyl (C=O) groups is 1. The van der Waals surface area contributed by atoms with Gasteiger partial charge in [0, 0.05) is 18.6 Å². The Morgan fingerprint density at radius 1 is 1.03 bits per heavy atom. The first-order valence-corrected chi connectivity index (χ1v) is 15.7. The number of rotatable bonds is 8. The van der Waals surface area contributed by atoms with Gasteiger partial charge in [-0.1, -0.05) is 65.5 Å². The van der Waals surface area contributed by atoms with Gasteiger partial charge in [-0.3, -0.25) is 10.1 Å². The van der Waals surface area contributed by atoms with Gasteiger partial charge in [-0.2, -0.15) is 0 Å². The third kappa shape index (κ3) is 5.32. The maximum absolute atomic E-state index is 12.8. The van der Waals surface area contributed by atoms with Crippen molar-refractivity contribution in [2.45, 2.75) is 111 Å². The maximum Gasteiger partial charge on any atom is 0.338 e. The molecule has 0 unspecified atom stereocenters. The number of esters is 1. The molecule has 0 spiro atoms. The average Bonchev–Trinajstić information content (AvgIpc) is 3.26. The van der Waals surface area contributed by atoms with Gasteiger partial charge < -0.3 is 4.74 Å². The van der Waals surface area contributed by atoms with Gasteiger partial charge in [0.25, 0.3) is 5.69 Å². The van der Waals surface area contributed by atoms with Crippen molar-refractivity contribution in [3.8, 4) is 0 Å². The van der Waals surface area contributed by atoms with Crippen LogP contribution in [0.4, 0.5) is 5.69 Å². The Morgan fingerprint density at radius 2 is 1.77 bits per heavy atom. The number of non-ortho nitro benzene ring substituents is 1. The Balaban J connectivity index is 1.23.